The lowest BCUT2D eigenvalue weighted by atomic mass is 10.6. The van der Waals surface area contributed by atoms with E-state index in [0.29, 0.717) is 39.6 Å². The molecule has 0 aliphatic heterocycles. The van der Waals surface area contributed by atoms with E-state index < -0.39 is 26.1 Å². The Hall–Kier alpha value is -0.520. The molecule has 0 heterocycles. The molecule has 0 saturated heterocycles. The zero-order chi connectivity index (χ0) is 17.9. The van der Waals surface area contributed by atoms with Crippen molar-refractivity contribution in [2.24, 2.45) is 0 Å². The van der Waals surface area contributed by atoms with Crippen molar-refractivity contribution < 1.29 is 46.0 Å². The summed E-state index contributed by atoms with van der Waals surface area (Å²) in [4.78, 5) is 0. The Labute approximate surface area is 139 Å². The molecule has 10 heteroatoms. The van der Waals surface area contributed by atoms with Crippen molar-refractivity contribution in [1.82, 2.24) is 0 Å². The Kier molecular flexibility index (Phi) is 18.4. The third-order valence-corrected chi connectivity index (χ3v) is 2.35. The van der Waals surface area contributed by atoms with Crippen LogP contribution in [-0.4, -0.2) is 92.1 Å². The minimum Gasteiger partial charge on any atom is -0.377 e. The van der Waals surface area contributed by atoms with Gasteiger partial charge in [-0.05, 0) is 0 Å². The average molecular weight is 366 g/mol. The minimum absolute atomic E-state index is 0.126. The van der Waals surface area contributed by atoms with E-state index >= 15 is 0 Å². The van der Waals surface area contributed by atoms with Gasteiger partial charge < -0.3 is 28.4 Å². The summed E-state index contributed by atoms with van der Waals surface area (Å²) in [5.41, 5.74) is 0. The molecular formula is C14H26F4O6. The SMILES string of the molecule is FC(F)COCCOCCOCCOCCOCCOCC(F)F. The summed E-state index contributed by atoms with van der Waals surface area (Å²) in [6.07, 6.45) is -4.92. The first-order chi connectivity index (χ1) is 11.6. The second-order valence-electron chi connectivity index (χ2n) is 4.38. The minimum atomic E-state index is -2.46. The maximum atomic E-state index is 11.7. The predicted molar refractivity (Wildman–Crippen MR) is 76.9 cm³/mol. The van der Waals surface area contributed by atoms with Crippen molar-refractivity contribution in [2.45, 2.75) is 12.9 Å². The molecule has 6 nitrogen and oxygen atoms in total. The van der Waals surface area contributed by atoms with Crippen LogP contribution in [0.4, 0.5) is 17.6 Å². The van der Waals surface area contributed by atoms with Crippen molar-refractivity contribution >= 4 is 0 Å². The van der Waals surface area contributed by atoms with Gasteiger partial charge in [0.15, 0.2) is 0 Å². The van der Waals surface area contributed by atoms with Crippen LogP contribution in [0.2, 0.25) is 0 Å². The molecule has 0 aliphatic rings. The molecule has 0 unspecified atom stereocenters. The van der Waals surface area contributed by atoms with E-state index in [1.54, 1.807) is 0 Å². The molecule has 0 aliphatic carbocycles. The lowest BCUT2D eigenvalue weighted by Gasteiger charge is -2.08. The second kappa shape index (κ2) is 18.8. The molecule has 0 amide bonds. The molecule has 0 aromatic heterocycles. The van der Waals surface area contributed by atoms with Crippen LogP contribution in [0.15, 0.2) is 0 Å². The van der Waals surface area contributed by atoms with Gasteiger partial charge in [-0.3, -0.25) is 0 Å². The zero-order valence-corrected chi connectivity index (χ0v) is 13.6. The third-order valence-electron chi connectivity index (χ3n) is 2.35. The van der Waals surface area contributed by atoms with Gasteiger partial charge in [0, 0.05) is 0 Å². The first kappa shape index (κ1) is 23.5. The lowest BCUT2D eigenvalue weighted by molar-refractivity contribution is -0.0326. The Bertz CT molecular complexity index is 225. The summed E-state index contributed by atoms with van der Waals surface area (Å²) >= 11 is 0. The molecule has 146 valence electrons. The van der Waals surface area contributed by atoms with E-state index in [-0.39, 0.29) is 26.4 Å². The summed E-state index contributed by atoms with van der Waals surface area (Å²) in [6, 6.07) is 0. The van der Waals surface area contributed by atoms with E-state index in [2.05, 4.69) is 9.47 Å². The number of halogens is 4. The highest BCUT2D eigenvalue weighted by Crippen LogP contribution is 1.93. The van der Waals surface area contributed by atoms with Gasteiger partial charge in [0.1, 0.15) is 13.2 Å². The zero-order valence-electron chi connectivity index (χ0n) is 13.6. The van der Waals surface area contributed by atoms with Gasteiger partial charge in [-0.2, -0.15) is 0 Å². The Morgan fingerprint density at radius 3 is 0.792 bits per heavy atom. The topological polar surface area (TPSA) is 55.4 Å². The number of ether oxygens (including phenoxy) is 6. The van der Waals surface area contributed by atoms with Gasteiger partial charge in [0.25, 0.3) is 12.9 Å². The highest BCUT2D eigenvalue weighted by atomic mass is 19.3. The number of hydrogen-bond donors (Lipinski definition) is 0. The molecule has 0 spiro atoms. The van der Waals surface area contributed by atoms with Crippen molar-refractivity contribution in [1.29, 1.82) is 0 Å². The largest absolute Gasteiger partial charge is 0.377 e. The van der Waals surface area contributed by atoms with E-state index in [9.17, 15) is 17.6 Å². The van der Waals surface area contributed by atoms with Crippen LogP contribution >= 0.6 is 0 Å². The van der Waals surface area contributed by atoms with Gasteiger partial charge >= 0.3 is 0 Å². The Morgan fingerprint density at radius 2 is 0.583 bits per heavy atom. The first-order valence-corrected chi connectivity index (χ1v) is 7.65. The number of alkyl halides is 4. The monoisotopic (exact) mass is 366 g/mol. The maximum absolute atomic E-state index is 11.7. The van der Waals surface area contributed by atoms with Crippen molar-refractivity contribution in [3.63, 3.8) is 0 Å². The van der Waals surface area contributed by atoms with Crippen LogP contribution in [0.25, 0.3) is 0 Å². The molecule has 24 heavy (non-hydrogen) atoms. The summed E-state index contributed by atoms with van der Waals surface area (Å²) in [5, 5.41) is 0. The van der Waals surface area contributed by atoms with E-state index in [1.807, 2.05) is 0 Å². The molecule has 0 atom stereocenters. The molecule has 0 aromatic rings. The first-order valence-electron chi connectivity index (χ1n) is 7.65. The van der Waals surface area contributed by atoms with E-state index in [4.69, 9.17) is 18.9 Å². The summed E-state index contributed by atoms with van der Waals surface area (Å²) in [6.45, 7) is 1.79. The van der Waals surface area contributed by atoms with Crippen molar-refractivity contribution in [2.75, 3.05) is 79.3 Å². The van der Waals surface area contributed by atoms with Gasteiger partial charge in [-0.15, -0.1) is 0 Å². The average Bonchev–Trinajstić information content (AvgIpc) is 2.53. The third kappa shape index (κ3) is 21.5. The van der Waals surface area contributed by atoms with Crippen LogP contribution in [0.1, 0.15) is 0 Å². The molecule has 0 aromatic carbocycles. The Balaban J connectivity index is 2.98. The van der Waals surface area contributed by atoms with Crippen LogP contribution < -0.4 is 0 Å². The smallest absolute Gasteiger partial charge is 0.261 e. The fourth-order valence-electron chi connectivity index (χ4n) is 1.34. The molecule has 0 bridgehead atoms. The molecule has 0 fully saturated rings. The quantitative estimate of drug-likeness (QED) is 0.256. The molecule has 0 N–H and O–H groups in total. The standard InChI is InChI=1S/C14H26F4O6/c15-13(16)11-23-9-7-21-5-3-19-1-2-20-4-6-22-8-10-24-12-14(17)18/h13-14H,1-12H2. The highest BCUT2D eigenvalue weighted by Gasteiger charge is 2.01. The summed E-state index contributed by atoms with van der Waals surface area (Å²) in [7, 11) is 0. The number of hydrogen-bond acceptors (Lipinski definition) is 6. The second-order valence-corrected chi connectivity index (χ2v) is 4.38. The van der Waals surface area contributed by atoms with E-state index in [0.717, 1.165) is 0 Å². The van der Waals surface area contributed by atoms with Gasteiger partial charge in [-0.25, -0.2) is 17.6 Å². The van der Waals surface area contributed by atoms with Crippen molar-refractivity contribution in [3.8, 4) is 0 Å². The fraction of sp³-hybridized carbons (Fsp3) is 1.00. The van der Waals surface area contributed by atoms with Crippen LogP contribution in [0.3, 0.4) is 0 Å². The van der Waals surface area contributed by atoms with Crippen LogP contribution in [-0.2, 0) is 28.4 Å². The highest BCUT2D eigenvalue weighted by molar-refractivity contribution is 4.38. The summed E-state index contributed by atoms with van der Waals surface area (Å²) in [5.74, 6) is 0. The molecule has 0 saturated carbocycles. The summed E-state index contributed by atoms with van der Waals surface area (Å²) < 4.78 is 76.8. The van der Waals surface area contributed by atoms with Gasteiger partial charge in [-0.1, -0.05) is 0 Å². The predicted octanol–water partition coefficient (Wildman–Crippen LogP) is 1.62. The fourth-order valence-corrected chi connectivity index (χ4v) is 1.34. The normalized spacial score (nSPS) is 11.8. The Morgan fingerprint density at radius 1 is 0.375 bits per heavy atom. The van der Waals surface area contributed by atoms with Crippen LogP contribution in [0.5, 0.6) is 0 Å². The van der Waals surface area contributed by atoms with Gasteiger partial charge in [0.05, 0.1) is 66.1 Å². The van der Waals surface area contributed by atoms with Crippen LogP contribution in [0, 0.1) is 0 Å². The molecule has 0 radical (unpaired) electrons. The molecule has 0 rings (SSSR count). The molecular weight excluding hydrogens is 340 g/mol. The van der Waals surface area contributed by atoms with Crippen molar-refractivity contribution in [3.05, 3.63) is 0 Å². The number of rotatable bonds is 19. The van der Waals surface area contributed by atoms with E-state index in [1.165, 1.54) is 0 Å². The maximum Gasteiger partial charge on any atom is 0.261 e. The lowest BCUT2D eigenvalue weighted by Crippen LogP contribution is -2.15. The van der Waals surface area contributed by atoms with Gasteiger partial charge in [0.2, 0.25) is 0 Å².